The summed E-state index contributed by atoms with van der Waals surface area (Å²) in [6.45, 7) is 19.7. The maximum Gasteiger partial charge on any atom is 0.335 e. The zero-order chi connectivity index (χ0) is 24.1. The number of carbonyl (C=O) groups is 3. The topological polar surface area (TPSA) is 118 Å². The molecule has 0 aromatic heterocycles. The van der Waals surface area contributed by atoms with E-state index in [1.54, 1.807) is 20.8 Å². The third-order valence-electron chi connectivity index (χ3n) is 4.12. The molecule has 1 N–H and O–H groups in total. The first-order chi connectivity index (χ1) is 14.1. The number of esters is 3. The Labute approximate surface area is 182 Å². The Morgan fingerprint density at radius 2 is 1.45 bits per heavy atom. The predicted octanol–water partition coefficient (Wildman–Crippen LogP) is 2.19. The van der Waals surface area contributed by atoms with E-state index < -0.39 is 54.2 Å². The van der Waals surface area contributed by atoms with Gasteiger partial charge in [0.25, 0.3) is 0 Å². The average molecular weight is 440 g/mol. The number of aliphatic hydroxyl groups is 1. The van der Waals surface area contributed by atoms with Gasteiger partial charge in [0.1, 0.15) is 0 Å². The molecule has 9 nitrogen and oxygen atoms in total. The zero-order valence-corrected chi connectivity index (χ0v) is 18.9. The van der Waals surface area contributed by atoms with Crippen molar-refractivity contribution in [2.45, 2.75) is 72.4 Å². The summed E-state index contributed by atoms with van der Waals surface area (Å²) in [7, 11) is 0. The molecule has 1 aliphatic rings. The van der Waals surface area contributed by atoms with E-state index in [0.717, 1.165) is 0 Å². The molecule has 31 heavy (non-hydrogen) atoms. The first kappa shape index (κ1) is 26.5. The Bertz CT molecular complexity index is 747. The van der Waals surface area contributed by atoms with Crippen molar-refractivity contribution in [3.05, 3.63) is 36.5 Å². The molecule has 0 amide bonds. The van der Waals surface area contributed by atoms with Crippen molar-refractivity contribution >= 4 is 17.9 Å². The minimum Gasteiger partial charge on any atom is -0.455 e. The van der Waals surface area contributed by atoms with E-state index in [1.165, 1.54) is 20.8 Å². The van der Waals surface area contributed by atoms with E-state index in [4.69, 9.17) is 23.7 Å². The highest BCUT2D eigenvalue weighted by Gasteiger charge is 2.49. The fraction of sp³-hybridized carbons (Fsp3) is 0.591. The summed E-state index contributed by atoms with van der Waals surface area (Å²) < 4.78 is 27.3. The van der Waals surface area contributed by atoms with Gasteiger partial charge in [-0.15, -0.1) is 0 Å². The highest BCUT2D eigenvalue weighted by molar-refractivity contribution is 5.87. The van der Waals surface area contributed by atoms with Gasteiger partial charge in [0.15, 0.2) is 24.6 Å². The van der Waals surface area contributed by atoms with Crippen LogP contribution >= 0.6 is 0 Å². The number of hydrogen-bond donors (Lipinski definition) is 1. The molecule has 1 heterocycles. The molecule has 1 fully saturated rings. The van der Waals surface area contributed by atoms with E-state index in [0.29, 0.717) is 0 Å². The lowest BCUT2D eigenvalue weighted by atomic mass is 9.96. The minimum absolute atomic E-state index is 0.0853. The normalized spacial score (nSPS) is 24.5. The summed E-state index contributed by atoms with van der Waals surface area (Å²) in [6.07, 6.45) is -6.60. The van der Waals surface area contributed by atoms with Crippen LogP contribution in [0.3, 0.4) is 0 Å². The molecular weight excluding hydrogens is 408 g/mol. The van der Waals surface area contributed by atoms with Crippen molar-refractivity contribution < 1.29 is 43.2 Å². The van der Waals surface area contributed by atoms with Gasteiger partial charge in [-0.2, -0.15) is 0 Å². The molecule has 0 bridgehead atoms. The Morgan fingerprint density at radius 3 is 1.90 bits per heavy atom. The van der Waals surface area contributed by atoms with E-state index in [9.17, 15) is 19.5 Å². The average Bonchev–Trinajstić information content (AvgIpc) is 2.64. The molecule has 9 heteroatoms. The third kappa shape index (κ3) is 7.61. The van der Waals surface area contributed by atoms with Gasteiger partial charge >= 0.3 is 17.9 Å². The van der Waals surface area contributed by atoms with Crippen LogP contribution in [0.2, 0.25) is 0 Å². The van der Waals surface area contributed by atoms with Crippen LogP contribution < -0.4 is 0 Å². The van der Waals surface area contributed by atoms with E-state index in [-0.39, 0.29) is 23.3 Å². The Hall–Kier alpha value is -2.49. The number of ether oxygens (including phenoxy) is 5. The van der Waals surface area contributed by atoms with Crippen molar-refractivity contribution in [2.75, 3.05) is 6.61 Å². The van der Waals surface area contributed by atoms with Crippen LogP contribution in [-0.2, 0) is 38.1 Å². The molecule has 1 aliphatic heterocycles. The van der Waals surface area contributed by atoms with Gasteiger partial charge in [0, 0.05) is 11.1 Å². The van der Waals surface area contributed by atoms with Gasteiger partial charge in [-0.1, -0.05) is 19.7 Å². The molecule has 0 saturated carbocycles. The van der Waals surface area contributed by atoms with Gasteiger partial charge in [-0.3, -0.25) is 4.79 Å². The van der Waals surface area contributed by atoms with Crippen LogP contribution in [0.4, 0.5) is 0 Å². The molecule has 0 spiro atoms. The van der Waals surface area contributed by atoms with Crippen molar-refractivity contribution in [1.29, 1.82) is 0 Å². The summed E-state index contributed by atoms with van der Waals surface area (Å²) in [5.41, 5.74) is -0.426. The van der Waals surface area contributed by atoms with Crippen LogP contribution in [0.1, 0.15) is 41.5 Å². The first-order valence-corrected chi connectivity index (χ1v) is 9.69. The van der Waals surface area contributed by atoms with Crippen LogP contribution in [0.5, 0.6) is 0 Å². The number of carbonyl (C=O) groups excluding carboxylic acids is 3. The number of hydrogen-bond acceptors (Lipinski definition) is 9. The number of aliphatic hydroxyl groups excluding tert-OH is 1. The molecule has 2 unspecified atom stereocenters. The van der Waals surface area contributed by atoms with Gasteiger partial charge < -0.3 is 28.8 Å². The lowest BCUT2D eigenvalue weighted by Crippen LogP contribution is -2.59. The van der Waals surface area contributed by atoms with Crippen molar-refractivity contribution in [3.63, 3.8) is 0 Å². The molecule has 174 valence electrons. The highest BCUT2D eigenvalue weighted by Crippen LogP contribution is 2.29. The molecule has 5 atom stereocenters. The summed E-state index contributed by atoms with van der Waals surface area (Å²) in [5, 5.41) is 10.2. The largest absolute Gasteiger partial charge is 0.455 e. The van der Waals surface area contributed by atoms with Crippen molar-refractivity contribution in [1.82, 2.24) is 0 Å². The molecule has 0 radical (unpaired) electrons. The van der Waals surface area contributed by atoms with Gasteiger partial charge in [0.2, 0.25) is 6.29 Å². The van der Waals surface area contributed by atoms with Gasteiger partial charge in [0.05, 0.1) is 12.0 Å². The molecule has 0 aliphatic carbocycles. The highest BCUT2D eigenvalue weighted by atomic mass is 16.7. The molecule has 1 rings (SSSR count). The van der Waals surface area contributed by atoms with Crippen LogP contribution in [-0.4, -0.2) is 60.5 Å². The standard InChI is InChI=1S/C22H32O9/c1-11(2)17(23)29-15-14(28-21(26)22(7,8)9)10-27-20(31-19(25)13(5)6)16(15)30-18(24)12(3)4/h14-16,18,20,24H,1,3,5,10H2,2,4,6-9H3/t14-,15-,16+,18?,20?/m1/s1. The molecule has 0 aromatic carbocycles. The maximum absolute atomic E-state index is 12.4. The second-order valence-corrected chi connectivity index (χ2v) is 8.53. The Kier molecular flexibility index (Phi) is 9.16. The molecule has 0 aromatic rings. The summed E-state index contributed by atoms with van der Waals surface area (Å²) in [5.74, 6) is -2.14. The third-order valence-corrected chi connectivity index (χ3v) is 4.12. The lowest BCUT2D eigenvalue weighted by molar-refractivity contribution is -0.298. The van der Waals surface area contributed by atoms with Crippen LogP contribution in [0, 0.1) is 5.41 Å². The molecule has 1 saturated heterocycles. The van der Waals surface area contributed by atoms with Crippen LogP contribution in [0.25, 0.3) is 0 Å². The van der Waals surface area contributed by atoms with Gasteiger partial charge in [-0.05, 0) is 47.1 Å². The predicted molar refractivity (Wildman–Crippen MR) is 110 cm³/mol. The summed E-state index contributed by atoms with van der Waals surface area (Å²) in [6, 6.07) is 0. The van der Waals surface area contributed by atoms with Crippen molar-refractivity contribution in [3.8, 4) is 0 Å². The quantitative estimate of drug-likeness (QED) is 0.199. The zero-order valence-electron chi connectivity index (χ0n) is 18.9. The minimum atomic E-state index is -1.50. The van der Waals surface area contributed by atoms with Crippen LogP contribution in [0.15, 0.2) is 36.5 Å². The number of rotatable bonds is 8. The van der Waals surface area contributed by atoms with E-state index in [2.05, 4.69) is 19.7 Å². The van der Waals surface area contributed by atoms with E-state index >= 15 is 0 Å². The van der Waals surface area contributed by atoms with E-state index in [1.807, 2.05) is 0 Å². The van der Waals surface area contributed by atoms with Crippen molar-refractivity contribution in [2.24, 2.45) is 5.41 Å². The van der Waals surface area contributed by atoms with Gasteiger partial charge in [-0.25, -0.2) is 9.59 Å². The SMILES string of the molecule is C=C(C)C(=O)OC1OC[C@@H](OC(=O)C(C)(C)C)[C@@H](OC(=O)C(=C)C)[C@@H]1OC(O)C(=C)C. The maximum atomic E-state index is 12.4. The first-order valence-electron chi connectivity index (χ1n) is 9.69. The fourth-order valence-corrected chi connectivity index (χ4v) is 2.24. The Morgan fingerprint density at radius 1 is 0.935 bits per heavy atom. The molecular formula is C22H32O9. The smallest absolute Gasteiger partial charge is 0.335 e. The lowest BCUT2D eigenvalue weighted by Gasteiger charge is -2.41. The summed E-state index contributed by atoms with van der Waals surface area (Å²) in [4.78, 5) is 36.8. The monoisotopic (exact) mass is 440 g/mol. The fourth-order valence-electron chi connectivity index (χ4n) is 2.24. The Balaban J connectivity index is 3.32. The second kappa shape index (κ2) is 10.7. The summed E-state index contributed by atoms with van der Waals surface area (Å²) >= 11 is 0. The second-order valence-electron chi connectivity index (χ2n) is 8.53.